The Morgan fingerprint density at radius 2 is 1.95 bits per heavy atom. The molecule has 0 saturated carbocycles. The molecule has 2 aromatic carbocycles. The first kappa shape index (κ1) is 13.3. The molecule has 2 aromatic rings. The summed E-state index contributed by atoms with van der Waals surface area (Å²) in [6.07, 6.45) is 2.19. The molecule has 0 bridgehead atoms. The lowest BCUT2D eigenvalue weighted by Crippen LogP contribution is -1.98. The molecule has 2 rings (SSSR count). The zero-order valence-electron chi connectivity index (χ0n) is 11.4. The van der Waals surface area contributed by atoms with Crippen molar-refractivity contribution < 1.29 is 4.74 Å². The van der Waals surface area contributed by atoms with Gasteiger partial charge in [-0.15, -0.1) is 0 Å². The molecular formula is C16H20N2O. The fourth-order valence-corrected chi connectivity index (χ4v) is 2.07. The molecule has 3 heteroatoms. The first-order valence-electron chi connectivity index (χ1n) is 6.53. The lowest BCUT2D eigenvalue weighted by Gasteiger charge is -2.13. The van der Waals surface area contributed by atoms with E-state index in [-0.39, 0.29) is 0 Å². The molecule has 0 aliphatic heterocycles. The molecule has 3 N–H and O–H groups in total. The fraction of sp³-hybridized carbons (Fsp3) is 0.250. The van der Waals surface area contributed by atoms with Crippen LogP contribution in [0.3, 0.4) is 0 Å². The monoisotopic (exact) mass is 256 g/mol. The summed E-state index contributed by atoms with van der Waals surface area (Å²) in [5.74, 6) is 0.693. The van der Waals surface area contributed by atoms with Gasteiger partial charge in [0.1, 0.15) is 5.75 Å². The smallest absolute Gasteiger partial charge is 0.143 e. The summed E-state index contributed by atoms with van der Waals surface area (Å²) in [6, 6.07) is 14.1. The number of para-hydroxylation sites is 1. The number of aryl methyl sites for hydroxylation is 1. The molecule has 0 fully saturated rings. The van der Waals surface area contributed by atoms with Crippen LogP contribution in [0.25, 0.3) is 0 Å². The van der Waals surface area contributed by atoms with Crippen molar-refractivity contribution in [3.63, 3.8) is 0 Å². The molecular weight excluding hydrogens is 236 g/mol. The number of nitrogen functional groups attached to an aromatic ring is 1. The van der Waals surface area contributed by atoms with E-state index in [4.69, 9.17) is 10.5 Å². The first-order chi connectivity index (χ1) is 9.24. The van der Waals surface area contributed by atoms with Crippen LogP contribution < -0.4 is 15.8 Å². The van der Waals surface area contributed by atoms with Gasteiger partial charge in [0.2, 0.25) is 0 Å². The summed E-state index contributed by atoms with van der Waals surface area (Å²) in [5, 5.41) is 3.42. The van der Waals surface area contributed by atoms with E-state index >= 15 is 0 Å². The number of rotatable bonds is 5. The number of methoxy groups -OCH3 is 1. The third-order valence-electron chi connectivity index (χ3n) is 3.05. The van der Waals surface area contributed by atoms with E-state index in [0.717, 1.165) is 24.2 Å². The molecule has 0 atom stereocenters. The molecule has 3 nitrogen and oxygen atoms in total. The van der Waals surface area contributed by atoms with Crippen molar-refractivity contribution in [3.05, 3.63) is 48.0 Å². The molecule has 0 amide bonds. The van der Waals surface area contributed by atoms with E-state index in [1.807, 2.05) is 24.3 Å². The van der Waals surface area contributed by atoms with Gasteiger partial charge < -0.3 is 15.8 Å². The maximum Gasteiger partial charge on any atom is 0.143 e. The average Bonchev–Trinajstić information content (AvgIpc) is 2.43. The average molecular weight is 256 g/mol. The van der Waals surface area contributed by atoms with Crippen LogP contribution in [0, 0.1) is 0 Å². The summed E-state index contributed by atoms with van der Waals surface area (Å²) in [7, 11) is 1.63. The van der Waals surface area contributed by atoms with Crippen LogP contribution in [0.1, 0.15) is 18.9 Å². The number of hydrogen-bond acceptors (Lipinski definition) is 3. The Morgan fingerprint density at radius 3 is 2.68 bits per heavy atom. The summed E-state index contributed by atoms with van der Waals surface area (Å²) >= 11 is 0. The maximum absolute atomic E-state index is 5.82. The summed E-state index contributed by atoms with van der Waals surface area (Å²) in [5.41, 5.74) is 9.90. The van der Waals surface area contributed by atoms with Crippen LogP contribution >= 0.6 is 0 Å². The standard InChI is InChI=1S/C16H20N2O/c1-3-6-12-7-4-5-8-15(12)18-13-9-10-14(17)16(11-13)19-2/h4-5,7-11,18H,3,6,17H2,1-2H3. The van der Waals surface area contributed by atoms with Gasteiger partial charge >= 0.3 is 0 Å². The van der Waals surface area contributed by atoms with Gasteiger partial charge in [-0.1, -0.05) is 31.5 Å². The highest BCUT2D eigenvalue weighted by Crippen LogP contribution is 2.28. The highest BCUT2D eigenvalue weighted by Gasteiger charge is 2.04. The third kappa shape index (κ3) is 3.19. The van der Waals surface area contributed by atoms with E-state index < -0.39 is 0 Å². The number of anilines is 3. The van der Waals surface area contributed by atoms with Crippen LogP contribution in [0.4, 0.5) is 17.1 Å². The highest BCUT2D eigenvalue weighted by molar-refractivity contribution is 5.68. The van der Waals surface area contributed by atoms with E-state index in [0.29, 0.717) is 11.4 Å². The predicted octanol–water partition coefficient (Wildman–Crippen LogP) is 3.97. The van der Waals surface area contributed by atoms with Gasteiger partial charge in [-0.3, -0.25) is 0 Å². The number of ether oxygens (including phenoxy) is 1. The first-order valence-corrected chi connectivity index (χ1v) is 6.53. The lowest BCUT2D eigenvalue weighted by molar-refractivity contribution is 0.417. The second-order valence-corrected chi connectivity index (χ2v) is 4.49. The van der Waals surface area contributed by atoms with Gasteiger partial charge in [0, 0.05) is 17.4 Å². The van der Waals surface area contributed by atoms with Crippen LogP contribution in [0.5, 0.6) is 5.75 Å². The van der Waals surface area contributed by atoms with E-state index in [2.05, 4.69) is 30.4 Å². The van der Waals surface area contributed by atoms with E-state index in [1.165, 1.54) is 5.56 Å². The molecule has 0 spiro atoms. The Morgan fingerprint density at radius 1 is 1.16 bits per heavy atom. The number of nitrogens with two attached hydrogens (primary N) is 1. The minimum absolute atomic E-state index is 0.648. The minimum atomic E-state index is 0.648. The maximum atomic E-state index is 5.82. The van der Waals surface area contributed by atoms with Crippen LogP contribution in [-0.4, -0.2) is 7.11 Å². The Bertz CT molecular complexity index is 552. The van der Waals surface area contributed by atoms with Gasteiger partial charge in [-0.2, -0.15) is 0 Å². The molecule has 0 aromatic heterocycles. The molecule has 0 unspecified atom stereocenters. The second-order valence-electron chi connectivity index (χ2n) is 4.49. The Labute approximate surface area is 114 Å². The quantitative estimate of drug-likeness (QED) is 0.796. The Balaban J connectivity index is 2.26. The summed E-state index contributed by atoms with van der Waals surface area (Å²) in [4.78, 5) is 0. The van der Waals surface area contributed by atoms with E-state index in [9.17, 15) is 0 Å². The van der Waals surface area contributed by atoms with Gasteiger partial charge in [0.15, 0.2) is 0 Å². The van der Waals surface area contributed by atoms with Crippen LogP contribution in [0.15, 0.2) is 42.5 Å². The van der Waals surface area contributed by atoms with Crippen molar-refractivity contribution in [3.8, 4) is 5.75 Å². The van der Waals surface area contributed by atoms with E-state index in [1.54, 1.807) is 7.11 Å². The number of nitrogens with one attached hydrogen (secondary N) is 1. The van der Waals surface area contributed by atoms with Crippen LogP contribution in [0.2, 0.25) is 0 Å². The van der Waals surface area contributed by atoms with Crippen molar-refractivity contribution in [2.75, 3.05) is 18.2 Å². The van der Waals surface area contributed by atoms with Crippen molar-refractivity contribution >= 4 is 17.1 Å². The summed E-state index contributed by atoms with van der Waals surface area (Å²) < 4.78 is 5.24. The molecule has 0 aliphatic rings. The second kappa shape index (κ2) is 6.14. The van der Waals surface area contributed by atoms with Gasteiger partial charge in [0.25, 0.3) is 0 Å². The highest BCUT2D eigenvalue weighted by atomic mass is 16.5. The summed E-state index contributed by atoms with van der Waals surface area (Å²) in [6.45, 7) is 2.18. The van der Waals surface area contributed by atoms with Crippen molar-refractivity contribution in [1.82, 2.24) is 0 Å². The molecule has 0 heterocycles. The Kier molecular flexibility index (Phi) is 4.29. The largest absolute Gasteiger partial charge is 0.495 e. The zero-order chi connectivity index (χ0) is 13.7. The van der Waals surface area contributed by atoms with Crippen molar-refractivity contribution in [1.29, 1.82) is 0 Å². The van der Waals surface area contributed by atoms with Gasteiger partial charge in [-0.05, 0) is 30.2 Å². The normalized spacial score (nSPS) is 10.2. The SMILES string of the molecule is CCCc1ccccc1Nc1ccc(N)c(OC)c1. The van der Waals surface area contributed by atoms with Crippen molar-refractivity contribution in [2.45, 2.75) is 19.8 Å². The molecule has 0 saturated heterocycles. The van der Waals surface area contributed by atoms with Crippen LogP contribution in [-0.2, 0) is 6.42 Å². The molecule has 0 radical (unpaired) electrons. The Hall–Kier alpha value is -2.16. The predicted molar refractivity (Wildman–Crippen MR) is 81.1 cm³/mol. The third-order valence-corrected chi connectivity index (χ3v) is 3.05. The van der Waals surface area contributed by atoms with Gasteiger partial charge in [0.05, 0.1) is 12.8 Å². The number of hydrogen-bond donors (Lipinski definition) is 2. The number of benzene rings is 2. The molecule has 19 heavy (non-hydrogen) atoms. The molecule has 0 aliphatic carbocycles. The van der Waals surface area contributed by atoms with Crippen molar-refractivity contribution in [2.24, 2.45) is 0 Å². The minimum Gasteiger partial charge on any atom is -0.495 e. The fourth-order valence-electron chi connectivity index (χ4n) is 2.07. The lowest BCUT2D eigenvalue weighted by atomic mass is 10.1. The topological polar surface area (TPSA) is 47.3 Å². The van der Waals surface area contributed by atoms with Gasteiger partial charge in [-0.25, -0.2) is 0 Å². The zero-order valence-corrected chi connectivity index (χ0v) is 11.4. The molecule has 100 valence electrons.